The highest BCUT2D eigenvalue weighted by atomic mass is 16.5. The van der Waals surface area contributed by atoms with E-state index in [-0.39, 0.29) is 0 Å². The van der Waals surface area contributed by atoms with Gasteiger partial charge in [0.15, 0.2) is 0 Å². The Kier molecular flexibility index (Phi) is 3.23. The summed E-state index contributed by atoms with van der Waals surface area (Å²) in [7, 11) is 0. The molecule has 0 spiro atoms. The first-order chi connectivity index (χ1) is 9.40. The Balaban J connectivity index is 2.12. The summed E-state index contributed by atoms with van der Waals surface area (Å²) < 4.78 is 5.80. The molecule has 1 heterocycles. The molecule has 0 atom stereocenters. The van der Waals surface area contributed by atoms with Gasteiger partial charge in [0.05, 0.1) is 6.61 Å². The van der Waals surface area contributed by atoms with Crippen LogP contribution in [0.4, 0.5) is 0 Å². The molecule has 1 N–H and O–H groups in total. The summed E-state index contributed by atoms with van der Waals surface area (Å²) in [6, 6.07) is 14.8. The summed E-state index contributed by atoms with van der Waals surface area (Å²) in [6.45, 7) is 2.86. The fourth-order valence-electron chi connectivity index (χ4n) is 2.35. The molecule has 1 aromatic heterocycles. The van der Waals surface area contributed by atoms with Crippen LogP contribution in [0.2, 0.25) is 0 Å². The average molecular weight is 251 g/mol. The second-order valence-corrected chi connectivity index (χ2v) is 4.61. The Morgan fingerprint density at radius 2 is 1.79 bits per heavy atom. The van der Waals surface area contributed by atoms with Gasteiger partial charge in [-0.25, -0.2) is 0 Å². The maximum atomic E-state index is 5.80. The molecule has 2 aromatic carbocycles. The van der Waals surface area contributed by atoms with Crippen molar-refractivity contribution in [2.45, 2.75) is 13.3 Å². The lowest BCUT2D eigenvalue weighted by Gasteiger charge is -2.08. The summed E-state index contributed by atoms with van der Waals surface area (Å²) in [5, 5.41) is 2.51. The van der Waals surface area contributed by atoms with Crippen LogP contribution in [-0.2, 0) is 0 Å². The van der Waals surface area contributed by atoms with Crippen molar-refractivity contribution in [2.75, 3.05) is 6.61 Å². The number of hydrogen-bond acceptors (Lipinski definition) is 1. The summed E-state index contributed by atoms with van der Waals surface area (Å²) in [5.41, 5.74) is 2.34. The Hall–Kier alpha value is -2.22. The SMILES string of the molecule is CCCOc1c[nH]cc1-c1cccc2ccccc12. The lowest BCUT2D eigenvalue weighted by Crippen LogP contribution is -1.95. The summed E-state index contributed by atoms with van der Waals surface area (Å²) in [4.78, 5) is 3.15. The van der Waals surface area contributed by atoms with Crippen molar-refractivity contribution in [3.8, 4) is 16.9 Å². The van der Waals surface area contributed by atoms with Gasteiger partial charge in [0, 0.05) is 18.0 Å². The largest absolute Gasteiger partial charge is 0.491 e. The second kappa shape index (κ2) is 5.19. The summed E-state index contributed by atoms with van der Waals surface area (Å²) in [5.74, 6) is 0.929. The van der Waals surface area contributed by atoms with Gasteiger partial charge < -0.3 is 9.72 Å². The fourth-order valence-corrected chi connectivity index (χ4v) is 2.35. The quantitative estimate of drug-likeness (QED) is 0.718. The third kappa shape index (κ3) is 2.22. The van der Waals surface area contributed by atoms with Crippen molar-refractivity contribution < 1.29 is 4.74 Å². The highest BCUT2D eigenvalue weighted by molar-refractivity contribution is 5.97. The van der Waals surface area contributed by atoms with Gasteiger partial charge in [-0.1, -0.05) is 49.4 Å². The molecule has 2 nitrogen and oxygen atoms in total. The van der Waals surface area contributed by atoms with Crippen molar-refractivity contribution in [2.24, 2.45) is 0 Å². The third-order valence-electron chi connectivity index (χ3n) is 3.25. The minimum atomic E-state index is 0.746. The minimum Gasteiger partial charge on any atom is -0.491 e. The molecule has 3 rings (SSSR count). The van der Waals surface area contributed by atoms with Crippen LogP contribution in [0.15, 0.2) is 54.9 Å². The van der Waals surface area contributed by atoms with E-state index >= 15 is 0 Å². The third-order valence-corrected chi connectivity index (χ3v) is 3.25. The van der Waals surface area contributed by atoms with Gasteiger partial charge in [-0.15, -0.1) is 0 Å². The molecule has 3 aromatic rings. The standard InChI is InChI=1S/C17H17NO/c1-2-10-19-17-12-18-11-16(17)15-9-5-7-13-6-3-4-8-14(13)15/h3-9,11-12,18H,2,10H2,1H3. The van der Waals surface area contributed by atoms with Crippen LogP contribution in [-0.4, -0.2) is 11.6 Å². The molecule has 0 saturated carbocycles. The number of fused-ring (bicyclic) bond motifs is 1. The lowest BCUT2D eigenvalue weighted by molar-refractivity contribution is 0.319. The number of ether oxygens (including phenoxy) is 1. The number of nitrogens with one attached hydrogen (secondary N) is 1. The summed E-state index contributed by atoms with van der Waals surface area (Å²) in [6.07, 6.45) is 4.94. The molecular formula is C17H17NO. The van der Waals surface area contributed by atoms with Gasteiger partial charge in [0.1, 0.15) is 5.75 Å². The van der Waals surface area contributed by atoms with Crippen molar-refractivity contribution in [3.63, 3.8) is 0 Å². The first kappa shape index (κ1) is 11.8. The van der Waals surface area contributed by atoms with Gasteiger partial charge in [-0.2, -0.15) is 0 Å². The molecule has 0 aliphatic heterocycles. The maximum Gasteiger partial charge on any atom is 0.144 e. The monoisotopic (exact) mass is 251 g/mol. The summed E-state index contributed by atoms with van der Waals surface area (Å²) >= 11 is 0. The van der Waals surface area contributed by atoms with E-state index in [2.05, 4.69) is 54.4 Å². The predicted molar refractivity (Wildman–Crippen MR) is 79.5 cm³/mol. The Morgan fingerprint density at radius 3 is 2.68 bits per heavy atom. The number of benzene rings is 2. The normalized spacial score (nSPS) is 10.8. The zero-order chi connectivity index (χ0) is 13.1. The van der Waals surface area contributed by atoms with Crippen LogP contribution >= 0.6 is 0 Å². The molecular weight excluding hydrogens is 234 g/mol. The molecule has 0 radical (unpaired) electrons. The van der Waals surface area contributed by atoms with E-state index in [0.29, 0.717) is 0 Å². The molecule has 2 heteroatoms. The molecule has 0 aliphatic rings. The van der Waals surface area contributed by atoms with E-state index < -0.39 is 0 Å². The zero-order valence-electron chi connectivity index (χ0n) is 11.0. The van der Waals surface area contributed by atoms with Crippen LogP contribution < -0.4 is 4.74 Å². The maximum absolute atomic E-state index is 5.80. The molecule has 0 amide bonds. The molecule has 96 valence electrons. The highest BCUT2D eigenvalue weighted by Gasteiger charge is 2.10. The van der Waals surface area contributed by atoms with Crippen molar-refractivity contribution in [1.82, 2.24) is 4.98 Å². The first-order valence-corrected chi connectivity index (χ1v) is 6.68. The van der Waals surface area contributed by atoms with Crippen LogP contribution in [0.1, 0.15) is 13.3 Å². The first-order valence-electron chi connectivity index (χ1n) is 6.68. The Morgan fingerprint density at radius 1 is 0.947 bits per heavy atom. The average Bonchev–Trinajstić information content (AvgIpc) is 2.92. The van der Waals surface area contributed by atoms with Crippen molar-refractivity contribution >= 4 is 10.8 Å². The van der Waals surface area contributed by atoms with E-state index in [1.807, 2.05) is 12.4 Å². The van der Waals surface area contributed by atoms with E-state index in [1.54, 1.807) is 0 Å². The molecule has 0 bridgehead atoms. The van der Waals surface area contributed by atoms with Crippen LogP contribution in [0.3, 0.4) is 0 Å². The van der Waals surface area contributed by atoms with E-state index in [4.69, 9.17) is 4.74 Å². The minimum absolute atomic E-state index is 0.746. The van der Waals surface area contributed by atoms with Gasteiger partial charge in [0.25, 0.3) is 0 Å². The van der Waals surface area contributed by atoms with Gasteiger partial charge in [0.2, 0.25) is 0 Å². The lowest BCUT2D eigenvalue weighted by atomic mass is 10.00. The molecule has 0 unspecified atom stereocenters. The number of aromatic nitrogens is 1. The zero-order valence-corrected chi connectivity index (χ0v) is 11.0. The number of H-pyrrole nitrogens is 1. The second-order valence-electron chi connectivity index (χ2n) is 4.61. The molecule has 0 fully saturated rings. The van der Waals surface area contributed by atoms with Crippen molar-refractivity contribution in [3.05, 3.63) is 54.9 Å². The van der Waals surface area contributed by atoms with E-state index in [0.717, 1.165) is 24.3 Å². The van der Waals surface area contributed by atoms with E-state index in [1.165, 1.54) is 16.3 Å². The smallest absolute Gasteiger partial charge is 0.144 e. The van der Waals surface area contributed by atoms with Crippen LogP contribution in [0.5, 0.6) is 5.75 Å². The highest BCUT2D eigenvalue weighted by Crippen LogP contribution is 2.34. The Labute approximate surface area is 113 Å². The number of aromatic amines is 1. The van der Waals surface area contributed by atoms with Crippen LogP contribution in [0.25, 0.3) is 21.9 Å². The fraction of sp³-hybridized carbons (Fsp3) is 0.176. The number of rotatable bonds is 4. The predicted octanol–water partition coefficient (Wildman–Crippen LogP) is 4.62. The van der Waals surface area contributed by atoms with Crippen LogP contribution in [0, 0.1) is 0 Å². The number of hydrogen-bond donors (Lipinski definition) is 1. The van der Waals surface area contributed by atoms with Gasteiger partial charge >= 0.3 is 0 Å². The molecule has 0 aliphatic carbocycles. The van der Waals surface area contributed by atoms with Crippen molar-refractivity contribution in [1.29, 1.82) is 0 Å². The topological polar surface area (TPSA) is 25.0 Å². The Bertz CT molecular complexity index is 679. The van der Waals surface area contributed by atoms with Gasteiger partial charge in [-0.3, -0.25) is 0 Å². The van der Waals surface area contributed by atoms with E-state index in [9.17, 15) is 0 Å². The molecule has 19 heavy (non-hydrogen) atoms. The molecule has 0 saturated heterocycles. The van der Waals surface area contributed by atoms with Gasteiger partial charge in [-0.05, 0) is 22.8 Å².